The van der Waals surface area contributed by atoms with Crippen LogP contribution < -0.4 is 9.47 Å². The highest BCUT2D eigenvalue weighted by atomic mass is 16.5. The highest BCUT2D eigenvalue weighted by molar-refractivity contribution is 6.17. The van der Waals surface area contributed by atoms with E-state index in [1.807, 2.05) is 13.0 Å². The van der Waals surface area contributed by atoms with E-state index in [9.17, 15) is 9.59 Å². The average molecular weight is 494 g/mol. The highest BCUT2D eigenvalue weighted by Crippen LogP contribution is 2.48. The number of carbonyl (C=O) groups is 2. The molecule has 0 atom stereocenters. The van der Waals surface area contributed by atoms with Crippen LogP contribution in [-0.4, -0.2) is 48.6 Å². The first-order chi connectivity index (χ1) is 17.0. The summed E-state index contributed by atoms with van der Waals surface area (Å²) in [5.74, 6) is 0.371. The lowest BCUT2D eigenvalue weighted by molar-refractivity contribution is 0.0479. The monoisotopic (exact) mass is 493 g/mol. The molecule has 2 heterocycles. The second-order valence-electron chi connectivity index (χ2n) is 10.3. The number of ether oxygens (including phenoxy) is 4. The van der Waals surface area contributed by atoms with Crippen LogP contribution in [0.25, 0.3) is 0 Å². The zero-order chi connectivity index (χ0) is 26.3. The summed E-state index contributed by atoms with van der Waals surface area (Å²) in [5.41, 5.74) is 4.28. The summed E-state index contributed by atoms with van der Waals surface area (Å²) < 4.78 is 22.8. The Morgan fingerprint density at radius 1 is 0.917 bits per heavy atom. The molecule has 0 aromatic heterocycles. The number of aliphatic imine (C=N–C) groups is 1. The number of rotatable bonds is 7. The van der Waals surface area contributed by atoms with Crippen molar-refractivity contribution in [2.45, 2.75) is 72.4 Å². The molecule has 0 spiro atoms. The normalized spacial score (nSPS) is 16.8. The molecule has 2 aromatic rings. The molecule has 2 aliphatic heterocycles. The molecule has 0 radical (unpaired) electrons. The Bertz CT molecular complexity index is 1240. The number of hydrogen-bond donors (Lipinski definition) is 0. The van der Waals surface area contributed by atoms with Gasteiger partial charge in [0.15, 0.2) is 11.5 Å². The quantitative estimate of drug-likeness (QED) is 0.485. The van der Waals surface area contributed by atoms with Crippen LogP contribution in [0.2, 0.25) is 0 Å². The third-order valence-electron chi connectivity index (χ3n) is 6.26. The molecule has 0 saturated carbocycles. The highest BCUT2D eigenvalue weighted by Gasteiger charge is 2.40. The molecule has 192 valence electrons. The van der Waals surface area contributed by atoms with Crippen LogP contribution in [0.5, 0.6) is 11.5 Å². The average Bonchev–Trinajstić information content (AvgIpc) is 3.13. The van der Waals surface area contributed by atoms with Crippen LogP contribution >= 0.6 is 0 Å². The third-order valence-corrected chi connectivity index (χ3v) is 6.26. The predicted molar refractivity (Wildman–Crippen MR) is 138 cm³/mol. The lowest BCUT2D eigenvalue weighted by atomic mass is 9.80. The van der Waals surface area contributed by atoms with Crippen molar-refractivity contribution >= 4 is 17.7 Å². The number of carbonyl (C=O) groups excluding carboxylic acids is 2. The largest absolute Gasteiger partial charge is 0.490 e. The van der Waals surface area contributed by atoms with Crippen molar-refractivity contribution < 1.29 is 28.5 Å². The van der Waals surface area contributed by atoms with E-state index in [-0.39, 0.29) is 35.5 Å². The van der Waals surface area contributed by atoms with E-state index in [0.717, 1.165) is 45.9 Å². The molecule has 2 aliphatic rings. The van der Waals surface area contributed by atoms with Gasteiger partial charge in [-0.3, -0.25) is 4.99 Å². The molecule has 0 amide bonds. The standard InChI is InChI=1S/C29H35NO6/c1-8-33-22-14-18-15-28(4,5)30-24(23(18)21-16-29(6,7)36-25(21)22)17-11-12-19(26(31)34-9-2)20(13-17)27(32)35-10-3/h11-14H,8-10,15-16H2,1-7H3. The molecule has 4 rings (SSSR count). The maximum absolute atomic E-state index is 12.9. The molecule has 0 aliphatic carbocycles. The molecular weight excluding hydrogens is 458 g/mol. The van der Waals surface area contributed by atoms with Gasteiger partial charge in [-0.2, -0.15) is 0 Å². The summed E-state index contributed by atoms with van der Waals surface area (Å²) >= 11 is 0. The molecule has 7 heteroatoms. The molecule has 0 N–H and O–H groups in total. The zero-order valence-corrected chi connectivity index (χ0v) is 22.2. The lowest BCUT2D eigenvalue weighted by Gasteiger charge is -2.31. The van der Waals surface area contributed by atoms with Gasteiger partial charge in [-0.1, -0.05) is 6.07 Å². The van der Waals surface area contributed by atoms with E-state index in [0.29, 0.717) is 13.0 Å². The Morgan fingerprint density at radius 3 is 2.22 bits per heavy atom. The minimum atomic E-state index is -0.570. The molecule has 7 nitrogen and oxygen atoms in total. The van der Waals surface area contributed by atoms with Gasteiger partial charge in [-0.25, -0.2) is 9.59 Å². The van der Waals surface area contributed by atoms with Crippen molar-refractivity contribution in [2.24, 2.45) is 4.99 Å². The summed E-state index contributed by atoms with van der Waals surface area (Å²) in [5, 5.41) is 0. The van der Waals surface area contributed by atoms with Gasteiger partial charge in [0.05, 0.1) is 42.2 Å². The fourth-order valence-corrected chi connectivity index (χ4v) is 5.00. The molecule has 0 fully saturated rings. The summed E-state index contributed by atoms with van der Waals surface area (Å²) in [4.78, 5) is 30.6. The first kappa shape index (κ1) is 25.7. The van der Waals surface area contributed by atoms with Gasteiger partial charge >= 0.3 is 11.9 Å². The molecule has 36 heavy (non-hydrogen) atoms. The van der Waals surface area contributed by atoms with Crippen molar-refractivity contribution in [1.82, 2.24) is 0 Å². The minimum Gasteiger partial charge on any atom is -0.490 e. The van der Waals surface area contributed by atoms with Crippen molar-refractivity contribution in [3.8, 4) is 11.5 Å². The smallest absolute Gasteiger partial charge is 0.339 e. The number of hydrogen-bond acceptors (Lipinski definition) is 7. The molecule has 0 unspecified atom stereocenters. The Labute approximate surface area is 212 Å². The van der Waals surface area contributed by atoms with Crippen molar-refractivity contribution in [2.75, 3.05) is 19.8 Å². The maximum atomic E-state index is 12.9. The summed E-state index contributed by atoms with van der Waals surface area (Å²) in [7, 11) is 0. The van der Waals surface area contributed by atoms with Gasteiger partial charge in [-0.05, 0) is 78.6 Å². The van der Waals surface area contributed by atoms with Gasteiger partial charge in [0.1, 0.15) is 5.60 Å². The fourth-order valence-electron chi connectivity index (χ4n) is 5.00. The molecule has 2 aromatic carbocycles. The third kappa shape index (κ3) is 4.84. The molecular formula is C29H35NO6. The first-order valence-corrected chi connectivity index (χ1v) is 12.6. The Hall–Kier alpha value is -3.35. The Kier molecular flexibility index (Phi) is 6.86. The van der Waals surface area contributed by atoms with Gasteiger partial charge in [0, 0.05) is 23.1 Å². The van der Waals surface area contributed by atoms with Gasteiger partial charge in [0.25, 0.3) is 0 Å². The van der Waals surface area contributed by atoms with Gasteiger partial charge < -0.3 is 18.9 Å². The van der Waals surface area contributed by atoms with E-state index in [2.05, 4.69) is 33.8 Å². The van der Waals surface area contributed by atoms with Crippen LogP contribution in [0.3, 0.4) is 0 Å². The topological polar surface area (TPSA) is 83.4 Å². The maximum Gasteiger partial charge on any atom is 0.339 e. The number of nitrogens with zero attached hydrogens (tertiary/aromatic N) is 1. The van der Waals surface area contributed by atoms with Gasteiger partial charge in [0.2, 0.25) is 0 Å². The lowest BCUT2D eigenvalue weighted by Crippen LogP contribution is -2.31. The number of benzene rings is 2. The van der Waals surface area contributed by atoms with Crippen molar-refractivity contribution in [3.05, 3.63) is 57.6 Å². The summed E-state index contributed by atoms with van der Waals surface area (Å²) in [6.07, 6.45) is 1.45. The van der Waals surface area contributed by atoms with E-state index in [4.69, 9.17) is 23.9 Å². The number of fused-ring (bicyclic) bond motifs is 3. The second kappa shape index (κ2) is 9.60. The predicted octanol–water partition coefficient (Wildman–Crippen LogP) is 5.32. The van der Waals surface area contributed by atoms with Crippen molar-refractivity contribution in [3.63, 3.8) is 0 Å². The van der Waals surface area contributed by atoms with Crippen LogP contribution in [0.4, 0.5) is 0 Å². The van der Waals surface area contributed by atoms with Crippen LogP contribution in [0, 0.1) is 0 Å². The van der Waals surface area contributed by atoms with E-state index in [1.54, 1.807) is 26.0 Å². The van der Waals surface area contributed by atoms with E-state index in [1.165, 1.54) is 0 Å². The fraction of sp³-hybridized carbons (Fsp3) is 0.483. The number of esters is 2. The minimum absolute atomic E-state index is 0.166. The van der Waals surface area contributed by atoms with Crippen LogP contribution in [0.15, 0.2) is 29.3 Å². The van der Waals surface area contributed by atoms with E-state index < -0.39 is 11.9 Å². The van der Waals surface area contributed by atoms with Gasteiger partial charge in [-0.15, -0.1) is 0 Å². The van der Waals surface area contributed by atoms with Crippen LogP contribution in [0.1, 0.15) is 91.4 Å². The van der Waals surface area contributed by atoms with E-state index >= 15 is 0 Å². The Balaban J connectivity index is 1.93. The zero-order valence-electron chi connectivity index (χ0n) is 22.2. The van der Waals surface area contributed by atoms with Crippen LogP contribution in [-0.2, 0) is 22.3 Å². The summed E-state index contributed by atoms with van der Waals surface area (Å²) in [6.45, 7) is 14.7. The molecule has 0 bridgehead atoms. The SMILES string of the molecule is CCOC(=O)c1ccc(C2=NC(C)(C)Cc3cc(OCC)c4c(c32)CC(C)(C)O4)cc1C(=O)OCC. The van der Waals surface area contributed by atoms with Crippen molar-refractivity contribution in [1.29, 1.82) is 0 Å². The summed E-state index contributed by atoms with van der Waals surface area (Å²) in [6, 6.07) is 7.20. The Morgan fingerprint density at radius 2 is 1.58 bits per heavy atom. The first-order valence-electron chi connectivity index (χ1n) is 12.6. The molecule has 0 saturated heterocycles. The second-order valence-corrected chi connectivity index (χ2v) is 10.3.